The van der Waals surface area contributed by atoms with Gasteiger partial charge in [0.2, 0.25) is 15.9 Å². The number of methoxy groups -OCH3 is 2. The summed E-state index contributed by atoms with van der Waals surface area (Å²) in [6.45, 7) is 0.199. The van der Waals surface area contributed by atoms with Crippen LogP contribution in [0.3, 0.4) is 0 Å². The topological polar surface area (TPSA) is 114 Å². The summed E-state index contributed by atoms with van der Waals surface area (Å²) in [6.07, 6.45) is 1.01. The molecule has 2 N–H and O–H groups in total. The summed E-state index contributed by atoms with van der Waals surface area (Å²) < 4.78 is 35.5. The Bertz CT molecular complexity index is 994. The lowest BCUT2D eigenvalue weighted by atomic mass is 10.1. The molecular weight excluding hydrogens is 410 g/mol. The Labute approximate surface area is 176 Å². The highest BCUT2D eigenvalue weighted by molar-refractivity contribution is 7.92. The second-order valence-electron chi connectivity index (χ2n) is 6.31. The van der Waals surface area contributed by atoms with Gasteiger partial charge in [0, 0.05) is 19.7 Å². The molecule has 0 aromatic heterocycles. The number of ether oxygens (including phenoxy) is 2. The molecule has 30 heavy (non-hydrogen) atoms. The predicted octanol–water partition coefficient (Wildman–Crippen LogP) is 1.48. The zero-order valence-electron chi connectivity index (χ0n) is 17.0. The van der Waals surface area contributed by atoms with Crippen LogP contribution in [0.25, 0.3) is 0 Å². The second kappa shape index (κ2) is 10.6. The quantitative estimate of drug-likeness (QED) is 0.547. The van der Waals surface area contributed by atoms with Crippen molar-refractivity contribution >= 4 is 33.2 Å². The van der Waals surface area contributed by atoms with Gasteiger partial charge in [-0.25, -0.2) is 8.42 Å². The molecule has 0 bridgehead atoms. The molecule has 0 aliphatic heterocycles. The molecule has 162 valence electrons. The zero-order valence-corrected chi connectivity index (χ0v) is 17.9. The fourth-order valence-electron chi connectivity index (χ4n) is 2.64. The monoisotopic (exact) mass is 435 g/mol. The summed E-state index contributed by atoms with van der Waals surface area (Å²) >= 11 is 0. The summed E-state index contributed by atoms with van der Waals surface area (Å²) in [4.78, 5) is 25.0. The number of nitrogens with zero attached hydrogens (tertiary/aromatic N) is 1. The number of anilines is 2. The summed E-state index contributed by atoms with van der Waals surface area (Å²) in [5, 5.41) is 5.30. The minimum absolute atomic E-state index is 0.259. The maximum absolute atomic E-state index is 12.6. The van der Waals surface area contributed by atoms with Crippen molar-refractivity contribution in [2.75, 3.05) is 49.8 Å². The molecule has 0 heterocycles. The first kappa shape index (κ1) is 23.2. The molecule has 0 fully saturated rings. The minimum Gasteiger partial charge on any atom is -0.497 e. The molecular formula is C20H25N3O6S. The van der Waals surface area contributed by atoms with Crippen molar-refractivity contribution in [3.05, 3.63) is 54.1 Å². The molecule has 0 atom stereocenters. The van der Waals surface area contributed by atoms with Gasteiger partial charge in [0.1, 0.15) is 12.3 Å². The van der Waals surface area contributed by atoms with Crippen molar-refractivity contribution in [3.8, 4) is 5.75 Å². The van der Waals surface area contributed by atoms with Gasteiger partial charge in [0.05, 0.1) is 36.9 Å². The average Bonchev–Trinajstić information content (AvgIpc) is 2.71. The lowest BCUT2D eigenvalue weighted by Gasteiger charge is -2.22. The number of amides is 2. The standard InChI is InChI=1S/C20H25N3O6S/c1-28-12-11-21-20(25)17-9-4-5-10-18(17)22-19(24)14-23(30(3,26)27)15-7-6-8-16(13-15)29-2/h4-10,13H,11-12,14H2,1-3H3,(H,21,25)(H,22,24). The Hall–Kier alpha value is -3.11. The Morgan fingerprint density at radius 1 is 1.07 bits per heavy atom. The third kappa shape index (κ3) is 6.46. The molecule has 0 saturated heterocycles. The van der Waals surface area contributed by atoms with E-state index in [9.17, 15) is 18.0 Å². The van der Waals surface area contributed by atoms with Crippen molar-refractivity contribution in [2.45, 2.75) is 0 Å². The van der Waals surface area contributed by atoms with Gasteiger partial charge < -0.3 is 20.1 Å². The first-order chi connectivity index (χ1) is 14.3. The predicted molar refractivity (Wildman–Crippen MR) is 114 cm³/mol. The van der Waals surface area contributed by atoms with E-state index in [4.69, 9.17) is 9.47 Å². The van der Waals surface area contributed by atoms with Crippen molar-refractivity contribution in [1.29, 1.82) is 0 Å². The summed E-state index contributed by atoms with van der Waals surface area (Å²) in [5.41, 5.74) is 0.823. The summed E-state index contributed by atoms with van der Waals surface area (Å²) in [5.74, 6) is -0.518. The van der Waals surface area contributed by atoms with Crippen LogP contribution in [0.5, 0.6) is 5.75 Å². The highest BCUT2D eigenvalue weighted by Gasteiger charge is 2.22. The summed E-state index contributed by atoms with van der Waals surface area (Å²) in [7, 11) is -0.760. The number of carbonyl (C=O) groups excluding carboxylic acids is 2. The molecule has 2 amide bonds. The van der Waals surface area contributed by atoms with Crippen LogP contribution in [0, 0.1) is 0 Å². The van der Waals surface area contributed by atoms with Crippen LogP contribution < -0.4 is 19.7 Å². The van der Waals surface area contributed by atoms with E-state index in [0.717, 1.165) is 10.6 Å². The number of benzene rings is 2. The van der Waals surface area contributed by atoms with Gasteiger partial charge in [-0.1, -0.05) is 18.2 Å². The molecule has 0 aliphatic rings. The van der Waals surface area contributed by atoms with Crippen molar-refractivity contribution < 1.29 is 27.5 Å². The Morgan fingerprint density at radius 2 is 1.80 bits per heavy atom. The number of rotatable bonds is 10. The molecule has 0 spiro atoms. The molecule has 0 aliphatic carbocycles. The van der Waals surface area contributed by atoms with Crippen LogP contribution in [0.1, 0.15) is 10.4 Å². The van der Waals surface area contributed by atoms with Crippen molar-refractivity contribution in [3.63, 3.8) is 0 Å². The van der Waals surface area contributed by atoms with E-state index < -0.39 is 22.5 Å². The van der Waals surface area contributed by atoms with Gasteiger partial charge in [-0.3, -0.25) is 13.9 Å². The van der Waals surface area contributed by atoms with Crippen LogP contribution in [0.2, 0.25) is 0 Å². The van der Waals surface area contributed by atoms with Gasteiger partial charge in [-0.15, -0.1) is 0 Å². The third-order valence-corrected chi connectivity index (χ3v) is 5.21. The maximum Gasteiger partial charge on any atom is 0.253 e. The van der Waals surface area contributed by atoms with E-state index >= 15 is 0 Å². The van der Waals surface area contributed by atoms with Gasteiger partial charge >= 0.3 is 0 Å². The summed E-state index contributed by atoms with van der Waals surface area (Å²) in [6, 6.07) is 12.8. The molecule has 9 nitrogen and oxygen atoms in total. The van der Waals surface area contributed by atoms with Gasteiger partial charge in [-0.05, 0) is 24.3 Å². The van der Waals surface area contributed by atoms with E-state index in [2.05, 4.69) is 10.6 Å². The van der Waals surface area contributed by atoms with E-state index in [0.29, 0.717) is 18.9 Å². The Morgan fingerprint density at radius 3 is 2.47 bits per heavy atom. The smallest absolute Gasteiger partial charge is 0.253 e. The SMILES string of the molecule is COCCNC(=O)c1ccccc1NC(=O)CN(c1cccc(OC)c1)S(C)(=O)=O. The third-order valence-electron chi connectivity index (χ3n) is 4.07. The first-order valence-electron chi connectivity index (χ1n) is 9.04. The van der Waals surface area contributed by atoms with Crippen LogP contribution in [-0.4, -0.2) is 60.4 Å². The molecule has 2 aromatic carbocycles. The number of carbonyl (C=O) groups is 2. The number of nitrogens with one attached hydrogen (secondary N) is 2. The first-order valence-corrected chi connectivity index (χ1v) is 10.9. The van der Waals surface area contributed by atoms with Gasteiger partial charge in [0.15, 0.2) is 0 Å². The fourth-order valence-corrected chi connectivity index (χ4v) is 3.49. The number of para-hydroxylation sites is 1. The molecule has 0 saturated carbocycles. The molecule has 0 radical (unpaired) electrons. The number of sulfonamides is 1. The van der Waals surface area contributed by atoms with Crippen LogP contribution in [-0.2, 0) is 19.6 Å². The fraction of sp³-hybridized carbons (Fsp3) is 0.300. The lowest BCUT2D eigenvalue weighted by molar-refractivity contribution is -0.114. The van der Waals surface area contributed by atoms with Crippen LogP contribution >= 0.6 is 0 Å². The lowest BCUT2D eigenvalue weighted by Crippen LogP contribution is -2.37. The normalized spacial score (nSPS) is 10.9. The Balaban J connectivity index is 2.19. The van der Waals surface area contributed by atoms with E-state index in [1.807, 2.05) is 0 Å². The Kier molecular flexibility index (Phi) is 8.19. The number of hydrogen-bond donors (Lipinski definition) is 2. The number of hydrogen-bond acceptors (Lipinski definition) is 6. The van der Waals surface area contributed by atoms with Crippen molar-refractivity contribution in [2.24, 2.45) is 0 Å². The zero-order chi connectivity index (χ0) is 22.1. The highest BCUT2D eigenvalue weighted by Crippen LogP contribution is 2.23. The maximum atomic E-state index is 12.6. The average molecular weight is 436 g/mol. The van der Waals surface area contributed by atoms with Crippen molar-refractivity contribution in [1.82, 2.24) is 5.32 Å². The van der Waals surface area contributed by atoms with E-state index in [1.54, 1.807) is 42.5 Å². The molecule has 2 aromatic rings. The minimum atomic E-state index is -3.75. The molecule has 2 rings (SSSR count). The van der Waals surface area contributed by atoms with Gasteiger partial charge in [0.25, 0.3) is 5.91 Å². The van der Waals surface area contributed by atoms with E-state index in [-0.39, 0.29) is 22.8 Å². The van der Waals surface area contributed by atoms with E-state index in [1.165, 1.54) is 20.3 Å². The van der Waals surface area contributed by atoms with Gasteiger partial charge in [-0.2, -0.15) is 0 Å². The highest BCUT2D eigenvalue weighted by atomic mass is 32.2. The molecule has 0 unspecified atom stereocenters. The van der Waals surface area contributed by atoms with Crippen LogP contribution in [0.4, 0.5) is 11.4 Å². The largest absolute Gasteiger partial charge is 0.497 e. The van der Waals surface area contributed by atoms with Crippen LogP contribution in [0.15, 0.2) is 48.5 Å². The second-order valence-corrected chi connectivity index (χ2v) is 8.22. The molecule has 10 heteroatoms.